The van der Waals surface area contributed by atoms with Crippen molar-refractivity contribution in [1.29, 1.82) is 0 Å². The van der Waals surface area contributed by atoms with Gasteiger partial charge in [-0.3, -0.25) is 9.48 Å². The monoisotopic (exact) mass is 370 g/mol. The van der Waals surface area contributed by atoms with Crippen molar-refractivity contribution in [3.63, 3.8) is 0 Å². The molecule has 1 saturated heterocycles. The van der Waals surface area contributed by atoms with Crippen LogP contribution in [-0.2, 0) is 13.1 Å². The van der Waals surface area contributed by atoms with Crippen molar-refractivity contribution < 1.29 is 4.79 Å². The predicted molar refractivity (Wildman–Crippen MR) is 103 cm³/mol. The zero-order chi connectivity index (χ0) is 19.0. The summed E-state index contributed by atoms with van der Waals surface area (Å²) in [4.78, 5) is 19.7. The third-order valence-electron chi connectivity index (χ3n) is 5.71. The van der Waals surface area contributed by atoms with Crippen LogP contribution in [0.3, 0.4) is 0 Å². The SMILES string of the molecule is CCCn1ncc(C(=O)N2CCCC(Cn3nc(C)nc3C)C2)c1C1CC1. The largest absolute Gasteiger partial charge is 0.338 e. The zero-order valence-corrected chi connectivity index (χ0v) is 16.7. The highest BCUT2D eigenvalue weighted by Crippen LogP contribution is 2.42. The summed E-state index contributed by atoms with van der Waals surface area (Å²) in [5.41, 5.74) is 2.01. The van der Waals surface area contributed by atoms with Gasteiger partial charge in [-0.25, -0.2) is 9.67 Å². The Morgan fingerprint density at radius 1 is 1.22 bits per heavy atom. The molecule has 3 heterocycles. The lowest BCUT2D eigenvalue weighted by Crippen LogP contribution is -2.41. The quantitative estimate of drug-likeness (QED) is 0.784. The number of aromatic nitrogens is 5. The number of hydrogen-bond acceptors (Lipinski definition) is 4. The van der Waals surface area contributed by atoms with Gasteiger partial charge in [-0.15, -0.1) is 0 Å². The summed E-state index contributed by atoms with van der Waals surface area (Å²) in [6, 6.07) is 0. The van der Waals surface area contributed by atoms with Gasteiger partial charge in [-0.1, -0.05) is 6.92 Å². The molecule has 1 unspecified atom stereocenters. The number of amides is 1. The Labute approximate surface area is 160 Å². The van der Waals surface area contributed by atoms with Crippen LogP contribution in [0.15, 0.2) is 6.20 Å². The smallest absolute Gasteiger partial charge is 0.257 e. The molecule has 1 amide bonds. The molecule has 4 rings (SSSR count). The van der Waals surface area contributed by atoms with Crippen molar-refractivity contribution in [1.82, 2.24) is 29.4 Å². The van der Waals surface area contributed by atoms with Crippen LogP contribution >= 0.6 is 0 Å². The molecule has 7 nitrogen and oxygen atoms in total. The van der Waals surface area contributed by atoms with E-state index < -0.39 is 0 Å². The van der Waals surface area contributed by atoms with Gasteiger partial charge in [-0.05, 0) is 51.9 Å². The van der Waals surface area contributed by atoms with Gasteiger partial charge in [0.05, 0.1) is 17.5 Å². The molecule has 27 heavy (non-hydrogen) atoms. The molecule has 7 heteroatoms. The highest BCUT2D eigenvalue weighted by molar-refractivity contribution is 5.95. The number of piperidine rings is 1. The Balaban J connectivity index is 1.48. The van der Waals surface area contributed by atoms with Gasteiger partial charge in [0.2, 0.25) is 0 Å². The summed E-state index contributed by atoms with van der Waals surface area (Å²) in [5.74, 6) is 2.88. The van der Waals surface area contributed by atoms with Crippen molar-refractivity contribution >= 4 is 5.91 Å². The van der Waals surface area contributed by atoms with E-state index in [-0.39, 0.29) is 5.91 Å². The summed E-state index contributed by atoms with van der Waals surface area (Å²) < 4.78 is 4.05. The minimum Gasteiger partial charge on any atom is -0.338 e. The number of carbonyl (C=O) groups is 1. The first-order valence-corrected chi connectivity index (χ1v) is 10.3. The molecule has 0 N–H and O–H groups in total. The molecule has 1 aliphatic heterocycles. The maximum atomic E-state index is 13.3. The highest BCUT2D eigenvalue weighted by atomic mass is 16.2. The van der Waals surface area contributed by atoms with E-state index in [0.29, 0.717) is 11.8 Å². The molecule has 0 bridgehead atoms. The minimum absolute atomic E-state index is 0.162. The van der Waals surface area contributed by atoms with E-state index in [2.05, 4.69) is 26.8 Å². The molecule has 2 aromatic rings. The van der Waals surface area contributed by atoms with Crippen LogP contribution in [0, 0.1) is 19.8 Å². The molecule has 1 atom stereocenters. The third kappa shape index (κ3) is 3.77. The Morgan fingerprint density at radius 3 is 2.70 bits per heavy atom. The number of rotatable bonds is 6. The Kier molecular flexibility index (Phi) is 5.02. The van der Waals surface area contributed by atoms with Crippen LogP contribution < -0.4 is 0 Å². The average molecular weight is 371 g/mol. The number of hydrogen-bond donors (Lipinski definition) is 0. The summed E-state index contributed by atoms with van der Waals surface area (Å²) in [7, 11) is 0. The lowest BCUT2D eigenvalue weighted by atomic mass is 9.97. The Morgan fingerprint density at radius 2 is 2.04 bits per heavy atom. The van der Waals surface area contributed by atoms with Gasteiger partial charge in [-0.2, -0.15) is 10.2 Å². The van der Waals surface area contributed by atoms with Crippen LogP contribution in [0.2, 0.25) is 0 Å². The van der Waals surface area contributed by atoms with Crippen molar-refractivity contribution in [3.8, 4) is 0 Å². The molecule has 146 valence electrons. The Bertz CT molecular complexity index is 819. The van der Waals surface area contributed by atoms with Crippen molar-refractivity contribution in [2.24, 2.45) is 5.92 Å². The van der Waals surface area contributed by atoms with Crippen LogP contribution in [0.5, 0.6) is 0 Å². The fourth-order valence-corrected chi connectivity index (χ4v) is 4.28. The van der Waals surface area contributed by atoms with E-state index in [4.69, 9.17) is 0 Å². The van der Waals surface area contributed by atoms with Gasteiger partial charge < -0.3 is 4.90 Å². The molecular formula is C20H30N6O. The van der Waals surface area contributed by atoms with Gasteiger partial charge in [0, 0.05) is 32.1 Å². The van der Waals surface area contributed by atoms with Gasteiger partial charge >= 0.3 is 0 Å². The second-order valence-corrected chi connectivity index (χ2v) is 8.09. The first kappa shape index (κ1) is 18.2. The highest BCUT2D eigenvalue weighted by Gasteiger charge is 2.34. The summed E-state index contributed by atoms with van der Waals surface area (Å²) in [6.45, 7) is 9.44. The van der Waals surface area contributed by atoms with Crippen molar-refractivity contribution in [3.05, 3.63) is 29.1 Å². The molecule has 2 aliphatic rings. The van der Waals surface area contributed by atoms with E-state index in [1.807, 2.05) is 23.4 Å². The minimum atomic E-state index is 0.162. The fraction of sp³-hybridized carbons (Fsp3) is 0.700. The standard InChI is InChI=1S/C20H30N6O/c1-4-9-25-19(17-7-8-17)18(11-21-25)20(27)24-10-5-6-16(12-24)13-26-15(3)22-14(2)23-26/h11,16-17H,4-10,12-13H2,1-3H3. The normalized spacial score (nSPS) is 20.3. The fourth-order valence-electron chi connectivity index (χ4n) is 4.28. The molecule has 2 aromatic heterocycles. The number of carbonyl (C=O) groups excluding carboxylic acids is 1. The first-order valence-electron chi connectivity index (χ1n) is 10.3. The van der Waals surface area contributed by atoms with E-state index in [1.54, 1.807) is 6.20 Å². The van der Waals surface area contributed by atoms with Crippen LogP contribution in [0.25, 0.3) is 0 Å². The van der Waals surface area contributed by atoms with E-state index in [0.717, 1.165) is 62.7 Å². The van der Waals surface area contributed by atoms with Gasteiger partial charge in [0.1, 0.15) is 11.6 Å². The van der Waals surface area contributed by atoms with E-state index in [9.17, 15) is 4.79 Å². The lowest BCUT2D eigenvalue weighted by molar-refractivity contribution is 0.0658. The predicted octanol–water partition coefficient (Wildman–Crippen LogP) is 2.93. The summed E-state index contributed by atoms with van der Waals surface area (Å²) in [5, 5.41) is 9.02. The average Bonchev–Trinajstić information content (AvgIpc) is 3.33. The second-order valence-electron chi connectivity index (χ2n) is 8.09. The molecule has 1 aliphatic carbocycles. The third-order valence-corrected chi connectivity index (χ3v) is 5.71. The molecular weight excluding hydrogens is 340 g/mol. The number of likely N-dealkylation sites (tertiary alicyclic amines) is 1. The van der Waals surface area contributed by atoms with E-state index in [1.165, 1.54) is 18.5 Å². The molecule has 2 fully saturated rings. The van der Waals surface area contributed by atoms with Crippen LogP contribution in [-0.4, -0.2) is 48.4 Å². The number of aryl methyl sites for hydroxylation is 3. The summed E-state index contributed by atoms with van der Waals surface area (Å²) in [6.07, 6.45) is 7.39. The van der Waals surface area contributed by atoms with Crippen LogP contribution in [0.4, 0.5) is 0 Å². The lowest BCUT2D eigenvalue weighted by Gasteiger charge is -2.33. The molecule has 0 aromatic carbocycles. The van der Waals surface area contributed by atoms with Crippen LogP contribution in [0.1, 0.15) is 72.6 Å². The zero-order valence-electron chi connectivity index (χ0n) is 16.7. The molecule has 0 spiro atoms. The van der Waals surface area contributed by atoms with Crippen molar-refractivity contribution in [2.75, 3.05) is 13.1 Å². The van der Waals surface area contributed by atoms with Gasteiger partial charge in [0.25, 0.3) is 5.91 Å². The van der Waals surface area contributed by atoms with Gasteiger partial charge in [0.15, 0.2) is 0 Å². The first-order chi connectivity index (χ1) is 13.1. The molecule has 0 radical (unpaired) electrons. The molecule has 1 saturated carbocycles. The number of nitrogens with zero attached hydrogens (tertiary/aromatic N) is 6. The maximum absolute atomic E-state index is 13.3. The van der Waals surface area contributed by atoms with Crippen molar-refractivity contribution in [2.45, 2.75) is 71.9 Å². The topological polar surface area (TPSA) is 68.8 Å². The van der Waals surface area contributed by atoms with E-state index >= 15 is 0 Å². The summed E-state index contributed by atoms with van der Waals surface area (Å²) >= 11 is 0. The second kappa shape index (κ2) is 7.44. The maximum Gasteiger partial charge on any atom is 0.257 e. The Hall–Kier alpha value is -2.18.